The molecular weight excluding hydrogens is 156 g/mol. The van der Waals surface area contributed by atoms with Crippen molar-refractivity contribution in [3.05, 3.63) is 11.5 Å². The summed E-state index contributed by atoms with van der Waals surface area (Å²) in [5.41, 5.74) is 0. The molecule has 0 bridgehead atoms. The Kier molecular flexibility index (Phi) is 8.56. The van der Waals surface area contributed by atoms with Crippen molar-refractivity contribution >= 4 is 33.3 Å². The number of rotatable bonds is 0. The second-order valence-electron chi connectivity index (χ2n) is 1.16. The molecule has 1 aliphatic heterocycles. The first-order chi connectivity index (χ1) is 3.91. The van der Waals surface area contributed by atoms with Crippen LogP contribution in [0.5, 0.6) is 0 Å². The molecule has 48 valence electrons. The van der Waals surface area contributed by atoms with Crippen molar-refractivity contribution in [2.24, 2.45) is 0 Å². The zero-order valence-electron chi connectivity index (χ0n) is 5.09. The minimum absolute atomic E-state index is 1.20. The fourth-order valence-electron chi connectivity index (χ4n) is 0.196. The van der Waals surface area contributed by atoms with Crippen LogP contribution in [-0.4, -0.2) is 18.3 Å². The van der Waals surface area contributed by atoms with Gasteiger partial charge in [-0.05, 0) is 17.9 Å². The summed E-state index contributed by atoms with van der Waals surface area (Å²) in [4.78, 5) is 0. The monoisotopic (exact) mass is 166 g/mol. The third-order valence-electron chi connectivity index (χ3n) is 0.384. The Morgan fingerprint density at radius 2 is 2.12 bits per heavy atom. The first kappa shape index (κ1) is 8.79. The van der Waals surface area contributed by atoms with Crippen molar-refractivity contribution < 1.29 is 0 Å². The summed E-state index contributed by atoms with van der Waals surface area (Å²) >= 11 is 1.75. The predicted molar refractivity (Wildman–Crippen MR) is 48.6 cm³/mol. The predicted octanol–water partition coefficient (Wildman–Crippen LogP) is 2.87. The molecule has 0 saturated heterocycles. The molecule has 0 radical (unpaired) electrons. The van der Waals surface area contributed by atoms with Gasteiger partial charge >= 0.3 is 0 Å². The van der Waals surface area contributed by atoms with Gasteiger partial charge in [0.05, 0.1) is 0 Å². The van der Waals surface area contributed by atoms with Crippen LogP contribution in [0.3, 0.4) is 0 Å². The van der Waals surface area contributed by atoms with E-state index in [1.54, 1.807) is 11.8 Å². The summed E-state index contributed by atoms with van der Waals surface area (Å²) in [6, 6.07) is 0. The van der Waals surface area contributed by atoms with Gasteiger partial charge in [0.15, 0.2) is 0 Å². The number of hydrogen-bond donors (Lipinski definition) is 0. The lowest BCUT2D eigenvalue weighted by atomic mass is 10.8. The molecule has 0 amide bonds. The molecule has 0 saturated carbocycles. The van der Waals surface area contributed by atoms with Gasteiger partial charge in [-0.15, -0.1) is 0 Å². The molecule has 1 rings (SSSR count). The van der Waals surface area contributed by atoms with E-state index in [2.05, 4.69) is 11.5 Å². The summed E-state index contributed by atoms with van der Waals surface area (Å²) < 4.78 is 0. The smallest absolute Gasteiger partial charge is 0.0229 e. The Morgan fingerprint density at radius 3 is 2.25 bits per heavy atom. The number of thioether (sulfide) groups is 1. The van der Waals surface area contributed by atoms with Crippen molar-refractivity contribution in [1.29, 1.82) is 0 Å². The summed E-state index contributed by atoms with van der Waals surface area (Å²) in [7, 11) is 3.69. The summed E-state index contributed by atoms with van der Waals surface area (Å²) in [5, 5.41) is 2.12. The van der Waals surface area contributed by atoms with E-state index in [4.69, 9.17) is 0 Å². The van der Waals surface area contributed by atoms with Crippen LogP contribution < -0.4 is 0 Å². The minimum atomic E-state index is 1.20. The molecule has 0 spiro atoms. The minimum Gasteiger partial charge on any atom is -0.169 e. The summed E-state index contributed by atoms with van der Waals surface area (Å²) in [6.45, 7) is 0. The molecule has 0 N–H and O–H groups in total. The van der Waals surface area contributed by atoms with Crippen LogP contribution in [0.25, 0.3) is 0 Å². The van der Waals surface area contributed by atoms with Gasteiger partial charge in [-0.3, -0.25) is 0 Å². The third-order valence-corrected chi connectivity index (χ3v) is 2.30. The molecule has 0 aliphatic carbocycles. The third kappa shape index (κ3) is 6.79. The average Bonchev–Trinajstić information content (AvgIpc) is 2.17. The molecule has 8 heavy (non-hydrogen) atoms. The highest BCUT2D eigenvalue weighted by molar-refractivity contribution is 8.78. The van der Waals surface area contributed by atoms with E-state index >= 15 is 0 Å². The fourth-order valence-corrected chi connectivity index (χ4v) is 1.77. The molecule has 1 heterocycles. The maximum atomic E-state index is 2.16. The lowest BCUT2D eigenvalue weighted by Gasteiger charge is -1.69. The Bertz CT molecular complexity index is 54.7. The molecule has 0 fully saturated rings. The first-order valence-electron chi connectivity index (χ1n) is 2.25. The van der Waals surface area contributed by atoms with Gasteiger partial charge in [0.25, 0.3) is 0 Å². The van der Waals surface area contributed by atoms with Crippen molar-refractivity contribution in [3.8, 4) is 0 Å². The lowest BCUT2D eigenvalue weighted by Crippen LogP contribution is -1.46. The van der Waals surface area contributed by atoms with Gasteiger partial charge in [0.1, 0.15) is 0 Å². The molecule has 3 heteroatoms. The van der Waals surface area contributed by atoms with Crippen LogP contribution in [0.15, 0.2) is 11.5 Å². The molecule has 0 aromatic heterocycles. The molecule has 0 unspecified atom stereocenters. The zero-order chi connectivity index (χ0) is 6.24. The molecule has 0 aromatic rings. The van der Waals surface area contributed by atoms with Gasteiger partial charge in [0.2, 0.25) is 0 Å². The van der Waals surface area contributed by atoms with E-state index in [9.17, 15) is 0 Å². The Hall–Kier alpha value is 0.790. The van der Waals surface area contributed by atoms with Crippen LogP contribution in [0.2, 0.25) is 0 Å². The maximum Gasteiger partial charge on any atom is 0.0229 e. The van der Waals surface area contributed by atoms with Gasteiger partial charge in [-0.1, -0.05) is 27.7 Å². The molecule has 1 aliphatic rings. The zero-order valence-corrected chi connectivity index (χ0v) is 7.54. The lowest BCUT2D eigenvalue weighted by molar-refractivity contribution is 1.85. The standard InChI is InChI=1S/C3H4S2.C2H6S/c1-2-4-5-3-1;1-3-2/h1-2H,3H2;1-2H3. The summed E-state index contributed by atoms with van der Waals surface area (Å²) in [5.74, 6) is 1.20. The molecule has 0 atom stereocenters. The van der Waals surface area contributed by atoms with Crippen LogP contribution >= 0.6 is 33.3 Å². The first-order valence-corrected chi connectivity index (χ1v) is 6.26. The van der Waals surface area contributed by atoms with Crippen LogP contribution in [0.4, 0.5) is 0 Å². The Labute approximate surface area is 63.3 Å². The highest BCUT2D eigenvalue weighted by Gasteiger charge is 1.85. The van der Waals surface area contributed by atoms with E-state index in [0.717, 1.165) is 0 Å². The van der Waals surface area contributed by atoms with Crippen LogP contribution in [0, 0.1) is 0 Å². The highest BCUT2D eigenvalue weighted by Crippen LogP contribution is 2.27. The normalized spacial score (nSPS) is 15.2. The van der Waals surface area contributed by atoms with Gasteiger partial charge < -0.3 is 0 Å². The van der Waals surface area contributed by atoms with Crippen LogP contribution in [-0.2, 0) is 0 Å². The van der Waals surface area contributed by atoms with E-state index in [0.29, 0.717) is 0 Å². The van der Waals surface area contributed by atoms with E-state index in [-0.39, 0.29) is 0 Å². The molecule has 0 aromatic carbocycles. The second kappa shape index (κ2) is 7.79. The van der Waals surface area contributed by atoms with Gasteiger partial charge in [-0.25, -0.2) is 0 Å². The van der Waals surface area contributed by atoms with Crippen molar-refractivity contribution in [3.63, 3.8) is 0 Å². The molecular formula is C5H10S3. The Morgan fingerprint density at radius 1 is 1.50 bits per heavy atom. The largest absolute Gasteiger partial charge is 0.169 e. The van der Waals surface area contributed by atoms with E-state index in [1.165, 1.54) is 5.75 Å². The van der Waals surface area contributed by atoms with Gasteiger partial charge in [0, 0.05) is 5.75 Å². The van der Waals surface area contributed by atoms with Crippen molar-refractivity contribution in [1.82, 2.24) is 0 Å². The topological polar surface area (TPSA) is 0 Å². The average molecular weight is 166 g/mol. The number of hydrogen-bond acceptors (Lipinski definition) is 3. The summed E-state index contributed by atoms with van der Waals surface area (Å²) in [6.07, 6.45) is 6.25. The SMILES string of the molecule is C1=CSSC1.CSC. The second-order valence-corrected chi connectivity index (χ2v) is 4.30. The highest BCUT2D eigenvalue weighted by atomic mass is 33.1. The van der Waals surface area contributed by atoms with Crippen molar-refractivity contribution in [2.75, 3.05) is 18.3 Å². The van der Waals surface area contributed by atoms with Crippen molar-refractivity contribution in [2.45, 2.75) is 0 Å². The molecule has 0 nitrogen and oxygen atoms in total. The van der Waals surface area contributed by atoms with E-state index in [1.807, 2.05) is 34.1 Å². The quantitative estimate of drug-likeness (QED) is 0.508. The fraction of sp³-hybridized carbons (Fsp3) is 0.600. The Balaban J connectivity index is 0.000000145. The van der Waals surface area contributed by atoms with Crippen LogP contribution in [0.1, 0.15) is 0 Å². The van der Waals surface area contributed by atoms with E-state index < -0.39 is 0 Å². The maximum absolute atomic E-state index is 2.16. The van der Waals surface area contributed by atoms with Gasteiger partial charge in [-0.2, -0.15) is 11.8 Å².